The van der Waals surface area contributed by atoms with Crippen LogP contribution in [0.2, 0.25) is 5.15 Å². The molecule has 7 nitrogen and oxygen atoms in total. The van der Waals surface area contributed by atoms with E-state index < -0.39 is 5.82 Å². The maximum atomic E-state index is 14.1. The van der Waals surface area contributed by atoms with Gasteiger partial charge < -0.3 is 9.88 Å². The Hall–Kier alpha value is -3.52. The molecular formula is C22H19ClFN5O2. The zero-order valence-corrected chi connectivity index (χ0v) is 17.6. The number of rotatable bonds is 5. The van der Waals surface area contributed by atoms with E-state index in [2.05, 4.69) is 20.5 Å². The fraction of sp³-hybridized carbons (Fsp3) is 0.182. The van der Waals surface area contributed by atoms with Crippen LogP contribution in [-0.2, 0) is 6.54 Å². The van der Waals surface area contributed by atoms with E-state index in [1.807, 2.05) is 13.8 Å². The topological polar surface area (TPSA) is 92.7 Å². The average molecular weight is 440 g/mol. The molecule has 0 saturated heterocycles. The van der Waals surface area contributed by atoms with Crippen LogP contribution in [0.4, 0.5) is 4.39 Å². The van der Waals surface area contributed by atoms with Crippen LogP contribution < -0.4 is 10.9 Å². The summed E-state index contributed by atoms with van der Waals surface area (Å²) in [6.07, 6.45) is 4.75. The van der Waals surface area contributed by atoms with Gasteiger partial charge in [0.05, 0.1) is 23.2 Å². The van der Waals surface area contributed by atoms with Crippen molar-refractivity contribution in [2.75, 3.05) is 0 Å². The van der Waals surface area contributed by atoms with E-state index in [-0.39, 0.29) is 29.6 Å². The molecule has 9 heteroatoms. The van der Waals surface area contributed by atoms with Crippen LogP contribution in [0.1, 0.15) is 29.8 Å². The first kappa shape index (κ1) is 20.7. The Morgan fingerprint density at radius 1 is 1.29 bits per heavy atom. The third kappa shape index (κ3) is 4.34. The molecule has 0 unspecified atom stereocenters. The van der Waals surface area contributed by atoms with Crippen LogP contribution in [0.5, 0.6) is 0 Å². The highest BCUT2D eigenvalue weighted by Gasteiger charge is 2.13. The SMILES string of the molecule is CC(C)NC(=O)c1cc(F)cc(Cn2ccc3cc(-c4c[nH]nc4Cl)ncc3c2=O)c1. The zero-order chi connectivity index (χ0) is 22.1. The highest BCUT2D eigenvalue weighted by Crippen LogP contribution is 2.25. The van der Waals surface area contributed by atoms with Crippen molar-refractivity contribution < 1.29 is 9.18 Å². The number of pyridine rings is 2. The van der Waals surface area contributed by atoms with Crippen LogP contribution in [0.25, 0.3) is 22.0 Å². The smallest absolute Gasteiger partial charge is 0.260 e. The summed E-state index contributed by atoms with van der Waals surface area (Å²) in [5.41, 5.74) is 1.67. The molecule has 0 aliphatic rings. The number of H-pyrrole nitrogens is 1. The van der Waals surface area contributed by atoms with E-state index in [1.54, 1.807) is 30.6 Å². The van der Waals surface area contributed by atoms with Crippen LogP contribution in [0.15, 0.2) is 53.7 Å². The molecule has 3 aromatic heterocycles. The number of carbonyl (C=O) groups excluding carboxylic acids is 1. The van der Waals surface area contributed by atoms with Gasteiger partial charge in [0, 0.05) is 30.2 Å². The highest BCUT2D eigenvalue weighted by molar-refractivity contribution is 6.32. The third-order valence-electron chi connectivity index (χ3n) is 4.72. The molecule has 0 aliphatic carbocycles. The number of halogens is 2. The summed E-state index contributed by atoms with van der Waals surface area (Å²) in [6, 6.07) is 7.54. The molecule has 4 aromatic rings. The molecule has 0 spiro atoms. The highest BCUT2D eigenvalue weighted by atomic mass is 35.5. The first-order valence-corrected chi connectivity index (χ1v) is 9.99. The minimum Gasteiger partial charge on any atom is -0.350 e. The Labute approximate surface area is 181 Å². The van der Waals surface area contributed by atoms with Crippen molar-refractivity contribution in [3.05, 3.63) is 81.4 Å². The Morgan fingerprint density at radius 2 is 2.10 bits per heavy atom. The van der Waals surface area contributed by atoms with Crippen LogP contribution >= 0.6 is 11.6 Å². The van der Waals surface area contributed by atoms with Gasteiger partial charge in [-0.2, -0.15) is 5.10 Å². The molecule has 0 radical (unpaired) electrons. The largest absolute Gasteiger partial charge is 0.350 e. The first-order valence-electron chi connectivity index (χ1n) is 9.61. The molecule has 0 saturated carbocycles. The van der Waals surface area contributed by atoms with E-state index in [1.165, 1.54) is 22.9 Å². The Morgan fingerprint density at radius 3 is 2.81 bits per heavy atom. The molecule has 0 aliphatic heterocycles. The number of carbonyl (C=O) groups is 1. The molecular weight excluding hydrogens is 421 g/mol. The summed E-state index contributed by atoms with van der Waals surface area (Å²) in [7, 11) is 0. The lowest BCUT2D eigenvalue weighted by atomic mass is 10.1. The number of nitrogens with one attached hydrogen (secondary N) is 2. The minimum absolute atomic E-state index is 0.0725. The summed E-state index contributed by atoms with van der Waals surface area (Å²) in [6.45, 7) is 3.77. The Kier molecular flexibility index (Phi) is 5.56. The monoisotopic (exact) mass is 439 g/mol. The number of benzene rings is 1. The van der Waals surface area contributed by atoms with Crippen LogP contribution in [0.3, 0.4) is 0 Å². The lowest BCUT2D eigenvalue weighted by Crippen LogP contribution is -2.30. The fourth-order valence-electron chi connectivity index (χ4n) is 3.32. The number of fused-ring (bicyclic) bond motifs is 1. The van der Waals surface area contributed by atoms with Crippen molar-refractivity contribution in [1.29, 1.82) is 0 Å². The maximum Gasteiger partial charge on any atom is 0.260 e. The molecule has 0 fully saturated rings. The van der Waals surface area contributed by atoms with E-state index >= 15 is 0 Å². The fourth-order valence-corrected chi connectivity index (χ4v) is 3.52. The lowest BCUT2D eigenvalue weighted by molar-refractivity contribution is 0.0942. The molecule has 3 heterocycles. The summed E-state index contributed by atoms with van der Waals surface area (Å²) >= 11 is 6.04. The number of nitrogens with zero attached hydrogens (tertiary/aromatic N) is 3. The van der Waals surface area contributed by atoms with Crippen molar-refractivity contribution in [3.63, 3.8) is 0 Å². The second-order valence-corrected chi connectivity index (χ2v) is 7.83. The van der Waals surface area contributed by atoms with E-state index in [0.29, 0.717) is 32.7 Å². The summed E-state index contributed by atoms with van der Waals surface area (Å²) in [5.74, 6) is -0.903. The second-order valence-electron chi connectivity index (χ2n) is 7.47. The van der Waals surface area contributed by atoms with Crippen LogP contribution in [0, 0.1) is 5.82 Å². The van der Waals surface area contributed by atoms with E-state index in [4.69, 9.17) is 11.6 Å². The number of hydrogen-bond acceptors (Lipinski definition) is 4. The molecule has 1 amide bonds. The van der Waals surface area contributed by atoms with Gasteiger partial charge in [-0.25, -0.2) is 4.39 Å². The molecule has 1 aromatic carbocycles. The van der Waals surface area contributed by atoms with Gasteiger partial charge in [0.2, 0.25) is 0 Å². The molecule has 31 heavy (non-hydrogen) atoms. The van der Waals surface area contributed by atoms with Crippen LogP contribution in [-0.4, -0.2) is 31.7 Å². The zero-order valence-electron chi connectivity index (χ0n) is 16.8. The van der Waals surface area contributed by atoms with Crippen molar-refractivity contribution >= 4 is 28.3 Å². The van der Waals surface area contributed by atoms with Gasteiger partial charge in [0.15, 0.2) is 5.15 Å². The first-order chi connectivity index (χ1) is 14.8. The minimum atomic E-state index is -0.538. The predicted octanol–water partition coefficient (Wildman–Crippen LogP) is 3.77. The molecule has 2 N–H and O–H groups in total. The van der Waals surface area contributed by atoms with E-state index in [9.17, 15) is 14.0 Å². The van der Waals surface area contributed by atoms with Crippen molar-refractivity contribution in [2.45, 2.75) is 26.4 Å². The molecule has 0 bridgehead atoms. The van der Waals surface area contributed by atoms with Gasteiger partial charge in [-0.05, 0) is 55.1 Å². The lowest BCUT2D eigenvalue weighted by Gasteiger charge is -2.11. The summed E-state index contributed by atoms with van der Waals surface area (Å²) in [4.78, 5) is 29.5. The third-order valence-corrected chi connectivity index (χ3v) is 5.01. The standard InChI is InChI=1S/C22H19ClFN5O2/c1-12(2)27-21(30)15-5-13(6-16(24)7-15)11-29-4-3-14-8-19(18-10-26-28-20(18)23)25-9-17(14)22(29)31/h3-10,12H,11H2,1-2H3,(H,26,28)(H,27,30). The molecule has 0 atom stereocenters. The predicted molar refractivity (Wildman–Crippen MR) is 117 cm³/mol. The average Bonchev–Trinajstić information content (AvgIpc) is 3.15. The van der Waals surface area contributed by atoms with E-state index in [0.717, 1.165) is 0 Å². The Bertz CT molecular complexity index is 1350. The van der Waals surface area contributed by atoms with Gasteiger partial charge >= 0.3 is 0 Å². The van der Waals surface area contributed by atoms with Crippen molar-refractivity contribution in [3.8, 4) is 11.3 Å². The quantitative estimate of drug-likeness (QED) is 0.495. The van der Waals surface area contributed by atoms with Crippen molar-refractivity contribution in [2.24, 2.45) is 0 Å². The van der Waals surface area contributed by atoms with Gasteiger partial charge in [0.25, 0.3) is 11.5 Å². The molecule has 4 rings (SSSR count). The number of hydrogen-bond donors (Lipinski definition) is 2. The maximum absolute atomic E-state index is 14.1. The summed E-state index contributed by atoms with van der Waals surface area (Å²) < 4.78 is 15.5. The normalized spacial score (nSPS) is 11.3. The Balaban J connectivity index is 1.67. The summed E-state index contributed by atoms with van der Waals surface area (Å²) in [5, 5.41) is 10.7. The van der Waals surface area contributed by atoms with Crippen molar-refractivity contribution in [1.82, 2.24) is 25.1 Å². The number of aromatic nitrogens is 4. The van der Waals surface area contributed by atoms with Gasteiger partial charge in [-0.3, -0.25) is 19.7 Å². The van der Waals surface area contributed by atoms with Gasteiger partial charge in [-0.15, -0.1) is 0 Å². The number of amides is 1. The van der Waals surface area contributed by atoms with Gasteiger partial charge in [-0.1, -0.05) is 11.6 Å². The second kappa shape index (κ2) is 8.31. The molecule has 158 valence electrons. The van der Waals surface area contributed by atoms with Gasteiger partial charge in [0.1, 0.15) is 5.82 Å². The number of aromatic amines is 1.